The third-order valence-electron chi connectivity index (χ3n) is 5.05. The van der Waals surface area contributed by atoms with Crippen LogP contribution in [0.2, 0.25) is 0 Å². The van der Waals surface area contributed by atoms with Gasteiger partial charge in [0.25, 0.3) is 5.91 Å². The minimum atomic E-state index is -0.886. The highest BCUT2D eigenvalue weighted by Gasteiger charge is 2.38. The molecule has 2 atom stereocenters. The number of benzene rings is 1. The summed E-state index contributed by atoms with van der Waals surface area (Å²) in [4.78, 5) is 40.7. The molecule has 8 heteroatoms. The molecule has 2 amide bonds. The first-order valence-corrected chi connectivity index (χ1v) is 9.42. The predicted molar refractivity (Wildman–Crippen MR) is 101 cm³/mol. The molecule has 2 heterocycles. The predicted octanol–water partition coefficient (Wildman–Crippen LogP) is 1.15. The van der Waals surface area contributed by atoms with E-state index in [0.717, 1.165) is 5.56 Å². The first-order valence-electron chi connectivity index (χ1n) is 9.42. The Labute approximate surface area is 164 Å². The van der Waals surface area contributed by atoms with Gasteiger partial charge in [0.15, 0.2) is 6.10 Å². The quantitative estimate of drug-likeness (QED) is 0.701. The summed E-state index contributed by atoms with van der Waals surface area (Å²) in [5.74, 6) is -0.978. The van der Waals surface area contributed by atoms with Crippen molar-refractivity contribution in [3.05, 3.63) is 23.8 Å². The highest BCUT2D eigenvalue weighted by atomic mass is 16.5. The SMILES string of the molecule is COc1ccc(C)cc1N1C[C@@H](C(=O)O[C@@H](C)C(=O)N2CCOCC2)CC1=O. The van der Waals surface area contributed by atoms with Gasteiger partial charge >= 0.3 is 5.97 Å². The van der Waals surface area contributed by atoms with E-state index in [1.54, 1.807) is 29.9 Å². The lowest BCUT2D eigenvalue weighted by Gasteiger charge is -2.29. The van der Waals surface area contributed by atoms with Crippen molar-refractivity contribution in [2.45, 2.75) is 26.4 Å². The molecular weight excluding hydrogens is 364 g/mol. The molecule has 0 radical (unpaired) electrons. The van der Waals surface area contributed by atoms with Crippen molar-refractivity contribution >= 4 is 23.5 Å². The first-order chi connectivity index (χ1) is 13.4. The third kappa shape index (κ3) is 4.27. The number of aryl methyl sites for hydroxylation is 1. The standard InChI is InChI=1S/C20H26N2O6/c1-13-4-5-17(26-3)16(10-13)22-12-15(11-18(22)23)20(25)28-14(2)19(24)21-6-8-27-9-7-21/h4-5,10,14-15H,6-9,11-12H2,1-3H3/t14-,15-/m0/s1. The maximum Gasteiger partial charge on any atom is 0.312 e. The van der Waals surface area contributed by atoms with Gasteiger partial charge in [-0.15, -0.1) is 0 Å². The Bertz CT molecular complexity index is 759. The second kappa shape index (κ2) is 8.60. The van der Waals surface area contributed by atoms with Crippen molar-refractivity contribution in [2.75, 3.05) is 44.9 Å². The molecule has 3 rings (SSSR count). The number of amides is 2. The Kier molecular flexibility index (Phi) is 6.18. The van der Waals surface area contributed by atoms with Gasteiger partial charge in [-0.25, -0.2) is 0 Å². The number of carbonyl (C=O) groups is 3. The smallest absolute Gasteiger partial charge is 0.312 e. The van der Waals surface area contributed by atoms with E-state index in [1.807, 2.05) is 19.1 Å². The van der Waals surface area contributed by atoms with Crippen molar-refractivity contribution < 1.29 is 28.6 Å². The van der Waals surface area contributed by atoms with Crippen LogP contribution < -0.4 is 9.64 Å². The van der Waals surface area contributed by atoms with E-state index in [-0.39, 0.29) is 24.8 Å². The lowest BCUT2D eigenvalue weighted by Crippen LogP contribution is -2.46. The number of rotatable bonds is 5. The van der Waals surface area contributed by atoms with E-state index in [0.29, 0.717) is 37.7 Å². The van der Waals surface area contributed by atoms with Gasteiger partial charge in [-0.3, -0.25) is 14.4 Å². The van der Waals surface area contributed by atoms with Crippen molar-refractivity contribution in [1.29, 1.82) is 0 Å². The molecule has 0 bridgehead atoms. The summed E-state index contributed by atoms with van der Waals surface area (Å²) >= 11 is 0. The molecule has 2 aliphatic heterocycles. The van der Waals surface area contributed by atoms with Crippen LogP contribution in [0.4, 0.5) is 5.69 Å². The molecule has 2 fully saturated rings. The Balaban J connectivity index is 1.63. The maximum atomic E-state index is 12.6. The van der Waals surface area contributed by atoms with E-state index < -0.39 is 18.0 Å². The van der Waals surface area contributed by atoms with E-state index in [9.17, 15) is 14.4 Å². The molecule has 0 spiro atoms. The van der Waals surface area contributed by atoms with Gasteiger partial charge in [0, 0.05) is 26.1 Å². The monoisotopic (exact) mass is 390 g/mol. The lowest BCUT2D eigenvalue weighted by atomic mass is 10.1. The molecule has 1 aromatic carbocycles. The molecule has 0 saturated carbocycles. The van der Waals surface area contributed by atoms with Crippen molar-refractivity contribution in [3.8, 4) is 5.75 Å². The van der Waals surface area contributed by atoms with E-state index >= 15 is 0 Å². The second-order valence-electron chi connectivity index (χ2n) is 7.10. The van der Waals surface area contributed by atoms with Crippen LogP contribution in [0, 0.1) is 12.8 Å². The summed E-state index contributed by atoms with van der Waals surface area (Å²) in [6.07, 6.45) is -0.836. The van der Waals surface area contributed by atoms with Crippen LogP contribution in [0.15, 0.2) is 18.2 Å². The van der Waals surface area contributed by atoms with E-state index in [2.05, 4.69) is 0 Å². The average Bonchev–Trinajstić information content (AvgIpc) is 3.09. The van der Waals surface area contributed by atoms with Crippen LogP contribution in [0.3, 0.4) is 0 Å². The third-order valence-corrected chi connectivity index (χ3v) is 5.05. The summed E-state index contributed by atoms with van der Waals surface area (Å²) < 4.78 is 16.0. The van der Waals surface area contributed by atoms with Crippen LogP contribution >= 0.6 is 0 Å². The van der Waals surface area contributed by atoms with Gasteiger partial charge in [-0.1, -0.05) is 6.07 Å². The van der Waals surface area contributed by atoms with Gasteiger partial charge in [-0.05, 0) is 31.5 Å². The van der Waals surface area contributed by atoms with Gasteiger partial charge in [0.2, 0.25) is 5.91 Å². The van der Waals surface area contributed by atoms with Crippen LogP contribution in [-0.2, 0) is 23.9 Å². The number of hydrogen-bond acceptors (Lipinski definition) is 6. The molecule has 0 aliphatic carbocycles. The van der Waals surface area contributed by atoms with Crippen molar-refractivity contribution in [1.82, 2.24) is 4.90 Å². The molecule has 8 nitrogen and oxygen atoms in total. The van der Waals surface area contributed by atoms with Crippen LogP contribution in [0.25, 0.3) is 0 Å². The molecule has 1 aromatic rings. The van der Waals surface area contributed by atoms with Crippen LogP contribution in [0.1, 0.15) is 18.9 Å². The van der Waals surface area contributed by atoms with E-state index in [4.69, 9.17) is 14.2 Å². The van der Waals surface area contributed by atoms with Crippen molar-refractivity contribution in [2.24, 2.45) is 5.92 Å². The Morgan fingerprint density at radius 1 is 1.25 bits per heavy atom. The van der Waals surface area contributed by atoms with E-state index in [1.165, 1.54) is 0 Å². The summed E-state index contributed by atoms with van der Waals surface area (Å²) in [6, 6.07) is 5.55. The fraction of sp³-hybridized carbons (Fsp3) is 0.550. The number of carbonyl (C=O) groups excluding carboxylic acids is 3. The van der Waals surface area contributed by atoms with Gasteiger partial charge < -0.3 is 24.0 Å². The Hall–Kier alpha value is -2.61. The molecule has 0 N–H and O–H groups in total. The molecule has 2 aliphatic rings. The number of nitrogens with zero attached hydrogens (tertiary/aromatic N) is 2. The fourth-order valence-corrected chi connectivity index (χ4v) is 3.47. The maximum absolute atomic E-state index is 12.6. The summed E-state index contributed by atoms with van der Waals surface area (Å²) in [7, 11) is 1.54. The zero-order valence-corrected chi connectivity index (χ0v) is 16.5. The number of esters is 1. The normalized spacial score (nSPS) is 20.8. The lowest BCUT2D eigenvalue weighted by molar-refractivity contribution is -0.163. The van der Waals surface area contributed by atoms with Crippen LogP contribution in [0.5, 0.6) is 5.75 Å². The summed E-state index contributed by atoms with van der Waals surface area (Å²) in [6.45, 7) is 5.64. The average molecular weight is 390 g/mol. The molecular formula is C20H26N2O6. The van der Waals surface area contributed by atoms with Crippen molar-refractivity contribution in [3.63, 3.8) is 0 Å². The highest BCUT2D eigenvalue weighted by molar-refractivity contribution is 6.00. The Morgan fingerprint density at radius 3 is 2.64 bits per heavy atom. The number of morpholine rings is 1. The molecule has 28 heavy (non-hydrogen) atoms. The number of hydrogen-bond donors (Lipinski definition) is 0. The topological polar surface area (TPSA) is 85.4 Å². The minimum Gasteiger partial charge on any atom is -0.495 e. The second-order valence-corrected chi connectivity index (χ2v) is 7.10. The number of anilines is 1. The Morgan fingerprint density at radius 2 is 1.96 bits per heavy atom. The summed E-state index contributed by atoms with van der Waals surface area (Å²) in [5, 5.41) is 0. The fourth-order valence-electron chi connectivity index (χ4n) is 3.47. The molecule has 152 valence electrons. The number of methoxy groups -OCH3 is 1. The van der Waals surface area contributed by atoms with Crippen LogP contribution in [-0.4, -0.2) is 68.7 Å². The zero-order valence-electron chi connectivity index (χ0n) is 16.5. The minimum absolute atomic E-state index is 0.0500. The largest absolute Gasteiger partial charge is 0.495 e. The number of ether oxygens (including phenoxy) is 3. The molecule has 2 saturated heterocycles. The zero-order chi connectivity index (χ0) is 20.3. The molecule has 0 aromatic heterocycles. The summed E-state index contributed by atoms with van der Waals surface area (Å²) in [5.41, 5.74) is 1.62. The van der Waals surface area contributed by atoms with Gasteiger partial charge in [-0.2, -0.15) is 0 Å². The highest BCUT2D eigenvalue weighted by Crippen LogP contribution is 2.34. The van der Waals surface area contributed by atoms with Gasteiger partial charge in [0.05, 0.1) is 31.9 Å². The van der Waals surface area contributed by atoms with Gasteiger partial charge in [0.1, 0.15) is 5.75 Å². The molecule has 0 unspecified atom stereocenters. The first kappa shape index (κ1) is 20.1.